The Morgan fingerprint density at radius 1 is 1.47 bits per heavy atom. The predicted molar refractivity (Wildman–Crippen MR) is 64.0 cm³/mol. The Balaban J connectivity index is 2.15. The minimum atomic E-state index is -0.0435. The quantitative estimate of drug-likeness (QED) is 0.670. The lowest BCUT2D eigenvalue weighted by atomic mass is 10.2. The van der Waals surface area contributed by atoms with Crippen molar-refractivity contribution in [1.29, 1.82) is 0 Å². The van der Waals surface area contributed by atoms with Crippen LogP contribution in [0, 0.1) is 0 Å². The van der Waals surface area contributed by atoms with Gasteiger partial charge in [-0.05, 0) is 18.1 Å². The molecule has 1 aromatic carbocycles. The van der Waals surface area contributed by atoms with Crippen molar-refractivity contribution in [3.05, 3.63) is 29.8 Å². The normalized spacial score (nSPS) is 16.7. The second-order valence-electron chi connectivity index (χ2n) is 3.66. The number of nitrogens with zero attached hydrogens (tertiary/aromatic N) is 1. The summed E-state index contributed by atoms with van der Waals surface area (Å²) in [6, 6.07) is 7.91. The first-order valence-corrected chi connectivity index (χ1v) is 5.88. The number of carbonyl (C=O) groups is 1. The Kier molecular flexibility index (Phi) is 3.07. The maximum Gasteiger partial charge on any atom is 0.231 e. The molecule has 4 heteroatoms. The summed E-state index contributed by atoms with van der Waals surface area (Å²) < 4.78 is 0. The Morgan fingerprint density at radius 3 is 2.93 bits per heavy atom. The van der Waals surface area contributed by atoms with Gasteiger partial charge >= 0.3 is 0 Å². The SMILES string of the molecule is NC(Br)CCN1C(=O)Cc2ccccc21. The second-order valence-corrected chi connectivity index (χ2v) is 4.83. The molecular formula is C11H13BrN2O. The molecule has 1 aromatic rings. The molecule has 1 heterocycles. The summed E-state index contributed by atoms with van der Waals surface area (Å²) in [5.41, 5.74) is 7.77. The van der Waals surface area contributed by atoms with Gasteiger partial charge in [-0.15, -0.1) is 0 Å². The van der Waals surface area contributed by atoms with Crippen LogP contribution in [0.4, 0.5) is 5.69 Å². The van der Waals surface area contributed by atoms with E-state index in [1.54, 1.807) is 0 Å². The molecule has 2 N–H and O–H groups in total. The summed E-state index contributed by atoms with van der Waals surface area (Å²) in [6.45, 7) is 0.683. The van der Waals surface area contributed by atoms with Gasteiger partial charge in [0.05, 0.1) is 11.4 Å². The number of carbonyl (C=O) groups excluding carboxylic acids is 1. The highest BCUT2D eigenvalue weighted by molar-refractivity contribution is 9.09. The van der Waals surface area contributed by atoms with Crippen LogP contribution in [0.25, 0.3) is 0 Å². The van der Waals surface area contributed by atoms with Gasteiger partial charge in [-0.2, -0.15) is 0 Å². The summed E-state index contributed by atoms with van der Waals surface area (Å²) in [7, 11) is 0. The Morgan fingerprint density at radius 2 is 2.20 bits per heavy atom. The summed E-state index contributed by atoms with van der Waals surface area (Å²) in [5, 5.41) is 0. The van der Waals surface area contributed by atoms with Crippen LogP contribution in [0.5, 0.6) is 0 Å². The molecule has 0 aliphatic carbocycles. The number of alkyl halides is 1. The fourth-order valence-corrected chi connectivity index (χ4v) is 2.02. The predicted octanol–water partition coefficient (Wildman–Crippen LogP) is 1.65. The van der Waals surface area contributed by atoms with Gasteiger partial charge in [0, 0.05) is 12.2 Å². The molecule has 0 spiro atoms. The number of hydrogen-bond acceptors (Lipinski definition) is 2. The molecule has 0 radical (unpaired) electrons. The number of hydrogen-bond donors (Lipinski definition) is 1. The maximum absolute atomic E-state index is 11.7. The highest BCUT2D eigenvalue weighted by Crippen LogP contribution is 2.28. The topological polar surface area (TPSA) is 46.3 Å². The van der Waals surface area contributed by atoms with Crippen molar-refractivity contribution in [2.75, 3.05) is 11.4 Å². The Hall–Kier alpha value is -0.870. The first-order chi connectivity index (χ1) is 7.18. The minimum absolute atomic E-state index is 0.0435. The molecule has 2 rings (SSSR count). The van der Waals surface area contributed by atoms with Crippen LogP contribution in [-0.4, -0.2) is 17.4 Å². The number of para-hydroxylation sites is 1. The zero-order valence-electron chi connectivity index (χ0n) is 8.32. The van der Waals surface area contributed by atoms with Crippen LogP contribution in [-0.2, 0) is 11.2 Å². The van der Waals surface area contributed by atoms with E-state index in [4.69, 9.17) is 5.73 Å². The zero-order chi connectivity index (χ0) is 10.8. The van der Waals surface area contributed by atoms with E-state index >= 15 is 0 Å². The number of anilines is 1. The molecule has 80 valence electrons. The fraction of sp³-hybridized carbons (Fsp3) is 0.364. The average molecular weight is 269 g/mol. The smallest absolute Gasteiger partial charge is 0.231 e. The van der Waals surface area contributed by atoms with Crippen LogP contribution in [0.1, 0.15) is 12.0 Å². The van der Waals surface area contributed by atoms with Gasteiger partial charge in [0.1, 0.15) is 0 Å². The van der Waals surface area contributed by atoms with Crippen molar-refractivity contribution >= 4 is 27.5 Å². The Bertz CT molecular complexity index is 379. The highest BCUT2D eigenvalue weighted by Gasteiger charge is 2.26. The maximum atomic E-state index is 11.7. The van der Waals surface area contributed by atoms with Gasteiger partial charge in [-0.25, -0.2) is 0 Å². The lowest BCUT2D eigenvalue weighted by Crippen LogP contribution is -2.30. The molecule has 3 nitrogen and oxygen atoms in total. The van der Waals surface area contributed by atoms with Gasteiger partial charge in [-0.3, -0.25) is 4.79 Å². The summed E-state index contributed by atoms with van der Waals surface area (Å²) >= 11 is 3.28. The number of amides is 1. The summed E-state index contributed by atoms with van der Waals surface area (Å²) in [4.78, 5) is 13.5. The van der Waals surface area contributed by atoms with E-state index in [0.717, 1.165) is 17.7 Å². The number of halogens is 1. The van der Waals surface area contributed by atoms with E-state index in [9.17, 15) is 4.79 Å². The summed E-state index contributed by atoms with van der Waals surface area (Å²) in [6.07, 6.45) is 1.29. The molecule has 0 fully saturated rings. The van der Waals surface area contributed by atoms with Crippen LogP contribution < -0.4 is 10.6 Å². The molecular weight excluding hydrogens is 256 g/mol. The molecule has 1 aliphatic rings. The third kappa shape index (κ3) is 2.21. The van der Waals surface area contributed by atoms with Gasteiger partial charge in [-0.1, -0.05) is 34.1 Å². The lowest BCUT2D eigenvalue weighted by molar-refractivity contribution is -0.117. The van der Waals surface area contributed by atoms with Crippen LogP contribution in [0.2, 0.25) is 0 Å². The third-order valence-electron chi connectivity index (χ3n) is 2.55. The Labute approximate surface area is 97.4 Å². The molecule has 0 saturated carbocycles. The zero-order valence-corrected chi connectivity index (χ0v) is 9.90. The van der Waals surface area contributed by atoms with Gasteiger partial charge in [0.15, 0.2) is 0 Å². The van der Waals surface area contributed by atoms with E-state index in [1.807, 2.05) is 29.2 Å². The number of rotatable bonds is 3. The van der Waals surface area contributed by atoms with Crippen LogP contribution in [0.15, 0.2) is 24.3 Å². The molecule has 15 heavy (non-hydrogen) atoms. The summed E-state index contributed by atoms with van der Waals surface area (Å²) in [5.74, 6) is 0.171. The van der Waals surface area contributed by atoms with E-state index in [2.05, 4.69) is 15.9 Å². The van der Waals surface area contributed by atoms with Crippen LogP contribution in [0.3, 0.4) is 0 Å². The van der Waals surface area contributed by atoms with Crippen molar-refractivity contribution in [2.24, 2.45) is 5.73 Å². The largest absolute Gasteiger partial charge is 0.319 e. The molecule has 0 bridgehead atoms. The van der Waals surface area contributed by atoms with E-state index in [0.29, 0.717) is 13.0 Å². The standard InChI is InChI=1S/C11H13BrN2O/c12-10(13)5-6-14-9-4-2-1-3-8(9)7-11(14)15/h1-4,10H,5-7,13H2. The van der Waals surface area contributed by atoms with E-state index in [-0.39, 0.29) is 10.9 Å². The van der Waals surface area contributed by atoms with Crippen molar-refractivity contribution in [3.63, 3.8) is 0 Å². The number of fused-ring (bicyclic) bond motifs is 1. The molecule has 1 atom stereocenters. The molecule has 1 amide bonds. The van der Waals surface area contributed by atoms with Gasteiger partial charge < -0.3 is 10.6 Å². The monoisotopic (exact) mass is 268 g/mol. The van der Waals surface area contributed by atoms with Crippen molar-refractivity contribution in [2.45, 2.75) is 17.8 Å². The van der Waals surface area contributed by atoms with Crippen LogP contribution >= 0.6 is 15.9 Å². The highest BCUT2D eigenvalue weighted by atomic mass is 79.9. The van der Waals surface area contributed by atoms with Crippen molar-refractivity contribution in [1.82, 2.24) is 0 Å². The van der Waals surface area contributed by atoms with Crippen molar-refractivity contribution < 1.29 is 4.79 Å². The second kappa shape index (κ2) is 4.33. The number of benzene rings is 1. The third-order valence-corrected chi connectivity index (χ3v) is 3.01. The van der Waals surface area contributed by atoms with Crippen molar-refractivity contribution in [3.8, 4) is 0 Å². The fourth-order valence-electron chi connectivity index (χ4n) is 1.81. The van der Waals surface area contributed by atoms with E-state index in [1.165, 1.54) is 0 Å². The molecule has 1 aliphatic heterocycles. The van der Waals surface area contributed by atoms with E-state index < -0.39 is 0 Å². The number of nitrogens with two attached hydrogens (primary N) is 1. The lowest BCUT2D eigenvalue weighted by Gasteiger charge is -2.17. The van der Waals surface area contributed by atoms with Gasteiger partial charge in [0.2, 0.25) is 5.91 Å². The minimum Gasteiger partial charge on any atom is -0.319 e. The molecule has 0 saturated heterocycles. The molecule has 0 aromatic heterocycles. The van der Waals surface area contributed by atoms with Gasteiger partial charge in [0.25, 0.3) is 0 Å². The first-order valence-electron chi connectivity index (χ1n) is 4.96. The average Bonchev–Trinajstić information content (AvgIpc) is 2.50. The first kappa shape index (κ1) is 10.6. The molecule has 1 unspecified atom stereocenters.